The van der Waals surface area contributed by atoms with Crippen LogP contribution in [0, 0.1) is 6.92 Å². The summed E-state index contributed by atoms with van der Waals surface area (Å²) in [5.74, 6) is 0.890. The molecule has 0 unspecified atom stereocenters. The number of aryl methyl sites for hydroxylation is 1. The molecule has 0 N–H and O–H groups in total. The largest absolute Gasteiger partial charge is 0.497 e. The van der Waals surface area contributed by atoms with Crippen molar-refractivity contribution in [3.63, 3.8) is 0 Å². The highest BCUT2D eigenvalue weighted by Gasteiger charge is 2.08. The summed E-state index contributed by atoms with van der Waals surface area (Å²) in [6, 6.07) is 6.08. The third-order valence-electron chi connectivity index (χ3n) is 2.29. The van der Waals surface area contributed by atoms with Gasteiger partial charge in [0.1, 0.15) is 5.75 Å². The van der Waals surface area contributed by atoms with Crippen molar-refractivity contribution in [2.24, 2.45) is 0 Å². The summed E-state index contributed by atoms with van der Waals surface area (Å²) < 4.78 is 11.7. The summed E-state index contributed by atoms with van der Waals surface area (Å²) in [5, 5.41) is 2.22. The normalized spacial score (nSPS) is 10.5. The lowest BCUT2D eigenvalue weighted by molar-refractivity contribution is 0.415. The van der Waals surface area contributed by atoms with E-state index in [0.29, 0.717) is 0 Å². The lowest BCUT2D eigenvalue weighted by Crippen LogP contribution is -1.81. The van der Waals surface area contributed by atoms with Gasteiger partial charge in [-0.2, -0.15) is 0 Å². The van der Waals surface area contributed by atoms with E-state index in [4.69, 9.17) is 9.47 Å². The molecule has 0 aliphatic rings. The fraction of sp³-hybridized carbons (Fsp3) is 0.273. The summed E-state index contributed by atoms with van der Waals surface area (Å²) in [6.45, 7) is 2.07. The van der Waals surface area contributed by atoms with Gasteiger partial charge in [0.25, 0.3) is 0 Å². The van der Waals surface area contributed by atoms with Crippen molar-refractivity contribution in [3.8, 4) is 10.8 Å². The number of hydrogen-bond acceptors (Lipinski definition) is 3. The zero-order valence-electron chi connectivity index (χ0n) is 8.46. The molecule has 3 heteroatoms. The van der Waals surface area contributed by atoms with Crippen molar-refractivity contribution in [1.29, 1.82) is 0 Å². The van der Waals surface area contributed by atoms with Crippen molar-refractivity contribution in [3.05, 3.63) is 23.8 Å². The number of fused-ring (bicyclic) bond motifs is 1. The Kier molecular flexibility index (Phi) is 2.33. The third-order valence-corrected chi connectivity index (χ3v) is 3.50. The van der Waals surface area contributed by atoms with E-state index in [9.17, 15) is 0 Å². The van der Waals surface area contributed by atoms with E-state index >= 15 is 0 Å². The Labute approximate surface area is 87.1 Å². The van der Waals surface area contributed by atoms with Crippen molar-refractivity contribution < 1.29 is 9.47 Å². The molecule has 0 spiro atoms. The van der Waals surface area contributed by atoms with E-state index in [-0.39, 0.29) is 0 Å². The third kappa shape index (κ3) is 1.34. The first-order valence-corrected chi connectivity index (χ1v) is 5.19. The smallest absolute Gasteiger partial charge is 0.177 e. The molecule has 1 aromatic heterocycles. The van der Waals surface area contributed by atoms with Crippen LogP contribution >= 0.6 is 11.3 Å². The molecule has 74 valence electrons. The molecular formula is C11H12O2S. The fourth-order valence-corrected chi connectivity index (χ4v) is 2.56. The van der Waals surface area contributed by atoms with E-state index < -0.39 is 0 Å². The van der Waals surface area contributed by atoms with Gasteiger partial charge in [-0.15, -0.1) is 0 Å². The molecule has 2 rings (SSSR count). The van der Waals surface area contributed by atoms with Gasteiger partial charge >= 0.3 is 0 Å². The summed E-state index contributed by atoms with van der Waals surface area (Å²) in [5.41, 5.74) is 1.20. The SMILES string of the molecule is COc1ccc2c(C)c(OC)sc2c1. The van der Waals surface area contributed by atoms with Crippen LogP contribution in [0.3, 0.4) is 0 Å². The Hall–Kier alpha value is -1.22. The molecule has 0 fully saturated rings. The Bertz CT molecular complexity index is 460. The van der Waals surface area contributed by atoms with Crippen LogP contribution in [0.4, 0.5) is 0 Å². The quantitative estimate of drug-likeness (QED) is 0.754. The van der Waals surface area contributed by atoms with Crippen LogP contribution in [-0.2, 0) is 0 Å². The Morgan fingerprint density at radius 1 is 1.14 bits per heavy atom. The minimum atomic E-state index is 0.890. The van der Waals surface area contributed by atoms with Crippen LogP contribution in [0.1, 0.15) is 5.56 Å². The lowest BCUT2D eigenvalue weighted by atomic mass is 10.2. The molecule has 0 bridgehead atoms. The second-order valence-electron chi connectivity index (χ2n) is 3.08. The minimum Gasteiger partial charge on any atom is -0.497 e. The standard InChI is InChI=1S/C11H12O2S/c1-7-9-5-4-8(12-2)6-10(9)14-11(7)13-3/h4-6H,1-3H3. The zero-order chi connectivity index (χ0) is 10.1. The topological polar surface area (TPSA) is 18.5 Å². The van der Waals surface area contributed by atoms with Gasteiger partial charge in [-0.3, -0.25) is 0 Å². The van der Waals surface area contributed by atoms with E-state index in [1.165, 1.54) is 15.6 Å². The van der Waals surface area contributed by atoms with Gasteiger partial charge in [0.2, 0.25) is 0 Å². The van der Waals surface area contributed by atoms with Crippen LogP contribution in [0.2, 0.25) is 0 Å². The summed E-state index contributed by atoms with van der Waals surface area (Å²) in [4.78, 5) is 0. The predicted octanol–water partition coefficient (Wildman–Crippen LogP) is 3.23. The zero-order valence-corrected chi connectivity index (χ0v) is 9.27. The Morgan fingerprint density at radius 2 is 1.93 bits per heavy atom. The molecule has 0 atom stereocenters. The molecule has 0 radical (unpaired) electrons. The maximum atomic E-state index is 5.28. The highest BCUT2D eigenvalue weighted by molar-refractivity contribution is 7.21. The Balaban J connectivity index is 2.66. The molecule has 0 saturated carbocycles. The average molecular weight is 208 g/mol. The molecular weight excluding hydrogens is 196 g/mol. The number of thiophene rings is 1. The van der Waals surface area contributed by atoms with Crippen LogP contribution in [0.5, 0.6) is 10.8 Å². The molecule has 2 nitrogen and oxygen atoms in total. The van der Waals surface area contributed by atoms with E-state index in [1.54, 1.807) is 25.6 Å². The molecule has 0 aliphatic carbocycles. The second-order valence-corrected chi connectivity index (χ2v) is 4.10. The summed E-state index contributed by atoms with van der Waals surface area (Å²) >= 11 is 1.65. The van der Waals surface area contributed by atoms with Crippen LogP contribution in [-0.4, -0.2) is 14.2 Å². The first-order chi connectivity index (χ1) is 6.76. The summed E-state index contributed by atoms with van der Waals surface area (Å²) in [6.07, 6.45) is 0. The van der Waals surface area contributed by atoms with Gasteiger partial charge in [0, 0.05) is 10.3 Å². The number of methoxy groups -OCH3 is 2. The summed E-state index contributed by atoms with van der Waals surface area (Å²) in [7, 11) is 3.38. The van der Waals surface area contributed by atoms with Crippen molar-refractivity contribution in [2.75, 3.05) is 14.2 Å². The van der Waals surface area contributed by atoms with Gasteiger partial charge in [0.15, 0.2) is 5.06 Å². The lowest BCUT2D eigenvalue weighted by Gasteiger charge is -1.98. The van der Waals surface area contributed by atoms with Gasteiger partial charge in [0.05, 0.1) is 14.2 Å². The van der Waals surface area contributed by atoms with Crippen molar-refractivity contribution in [2.45, 2.75) is 6.92 Å². The van der Waals surface area contributed by atoms with Gasteiger partial charge in [-0.1, -0.05) is 11.3 Å². The van der Waals surface area contributed by atoms with Crippen LogP contribution in [0.25, 0.3) is 10.1 Å². The maximum Gasteiger partial charge on any atom is 0.177 e. The second kappa shape index (κ2) is 3.50. The van der Waals surface area contributed by atoms with Gasteiger partial charge < -0.3 is 9.47 Å². The van der Waals surface area contributed by atoms with E-state index in [0.717, 1.165) is 10.8 Å². The number of ether oxygens (including phenoxy) is 2. The van der Waals surface area contributed by atoms with E-state index in [2.05, 4.69) is 13.0 Å². The van der Waals surface area contributed by atoms with Crippen molar-refractivity contribution >= 4 is 21.4 Å². The molecule has 2 aromatic rings. The molecule has 1 aromatic carbocycles. The maximum absolute atomic E-state index is 5.28. The molecule has 0 aliphatic heterocycles. The van der Waals surface area contributed by atoms with Crippen molar-refractivity contribution in [1.82, 2.24) is 0 Å². The molecule has 0 amide bonds. The monoisotopic (exact) mass is 208 g/mol. The first-order valence-electron chi connectivity index (χ1n) is 4.37. The Morgan fingerprint density at radius 3 is 2.57 bits per heavy atom. The average Bonchev–Trinajstić information content (AvgIpc) is 2.55. The van der Waals surface area contributed by atoms with E-state index in [1.807, 2.05) is 12.1 Å². The highest BCUT2D eigenvalue weighted by atomic mass is 32.1. The first kappa shape index (κ1) is 9.34. The fourth-order valence-electron chi connectivity index (χ4n) is 1.51. The molecule has 1 heterocycles. The molecule has 0 saturated heterocycles. The number of rotatable bonds is 2. The highest BCUT2D eigenvalue weighted by Crippen LogP contribution is 2.38. The number of hydrogen-bond donors (Lipinski definition) is 0. The van der Waals surface area contributed by atoms with Gasteiger partial charge in [-0.05, 0) is 30.5 Å². The minimum absolute atomic E-state index is 0.890. The molecule has 14 heavy (non-hydrogen) atoms. The van der Waals surface area contributed by atoms with Gasteiger partial charge in [-0.25, -0.2) is 0 Å². The predicted molar refractivity (Wildman–Crippen MR) is 59.7 cm³/mol. The van der Waals surface area contributed by atoms with Crippen LogP contribution in [0.15, 0.2) is 18.2 Å². The number of benzene rings is 1. The van der Waals surface area contributed by atoms with Crippen LogP contribution < -0.4 is 9.47 Å².